The second kappa shape index (κ2) is 6.39. The first kappa shape index (κ1) is 12.9. The van der Waals surface area contributed by atoms with Crippen LogP contribution in [0.4, 0.5) is 5.82 Å². The summed E-state index contributed by atoms with van der Waals surface area (Å²) in [6.07, 6.45) is 4.95. The molecule has 100 valence electrons. The van der Waals surface area contributed by atoms with Gasteiger partial charge in [0.1, 0.15) is 11.5 Å². The molecular weight excluding hydrogens is 230 g/mol. The zero-order chi connectivity index (χ0) is 12.8. The van der Waals surface area contributed by atoms with Crippen molar-refractivity contribution in [3.05, 3.63) is 11.8 Å². The molecule has 0 spiro atoms. The van der Waals surface area contributed by atoms with Crippen molar-refractivity contribution >= 4 is 11.7 Å². The Hall–Kier alpha value is -1.56. The molecule has 0 aliphatic carbocycles. The monoisotopic (exact) mass is 251 g/mol. The number of aromatic amines is 1. The highest BCUT2D eigenvalue weighted by molar-refractivity contribution is 5.92. The number of hydrogen-bond acceptors (Lipinski definition) is 4. The van der Waals surface area contributed by atoms with Gasteiger partial charge < -0.3 is 16.0 Å². The lowest BCUT2D eigenvalue weighted by Gasteiger charge is -2.26. The minimum absolute atomic E-state index is 0.141. The van der Waals surface area contributed by atoms with Crippen LogP contribution in [0.1, 0.15) is 36.2 Å². The lowest BCUT2D eigenvalue weighted by molar-refractivity contribution is 0.0946. The van der Waals surface area contributed by atoms with Gasteiger partial charge in [-0.2, -0.15) is 5.10 Å². The van der Waals surface area contributed by atoms with Gasteiger partial charge in [0.25, 0.3) is 5.91 Å². The van der Waals surface area contributed by atoms with Gasteiger partial charge in [-0.25, -0.2) is 0 Å². The van der Waals surface area contributed by atoms with E-state index in [9.17, 15) is 4.79 Å². The zero-order valence-corrected chi connectivity index (χ0v) is 10.6. The first-order valence-electron chi connectivity index (χ1n) is 6.57. The Labute approximate surface area is 107 Å². The number of nitrogens with zero attached hydrogens (tertiary/aromatic N) is 2. The molecule has 1 aliphatic rings. The predicted molar refractivity (Wildman–Crippen MR) is 70.2 cm³/mol. The van der Waals surface area contributed by atoms with E-state index in [2.05, 4.69) is 20.4 Å². The fourth-order valence-electron chi connectivity index (χ4n) is 2.24. The van der Waals surface area contributed by atoms with Gasteiger partial charge in [0, 0.05) is 12.6 Å². The lowest BCUT2D eigenvalue weighted by Crippen LogP contribution is -2.33. The molecule has 18 heavy (non-hydrogen) atoms. The summed E-state index contributed by atoms with van der Waals surface area (Å²) in [5, 5.41) is 9.18. The number of rotatable bonds is 5. The summed E-state index contributed by atoms with van der Waals surface area (Å²) in [5.74, 6) is 0.200. The highest BCUT2D eigenvalue weighted by Crippen LogP contribution is 2.08. The third-order valence-electron chi connectivity index (χ3n) is 3.23. The molecule has 2 heterocycles. The molecular formula is C12H21N5O. The Bertz CT molecular complexity index is 384. The Morgan fingerprint density at radius 3 is 2.89 bits per heavy atom. The van der Waals surface area contributed by atoms with Crippen LogP contribution in [0.25, 0.3) is 0 Å². The van der Waals surface area contributed by atoms with E-state index in [1.54, 1.807) is 6.07 Å². The van der Waals surface area contributed by atoms with E-state index in [1.165, 1.54) is 32.4 Å². The van der Waals surface area contributed by atoms with E-state index in [4.69, 9.17) is 5.73 Å². The number of H-pyrrole nitrogens is 1. The standard InChI is InChI=1S/C12H21N5O/c13-11-9-10(15-16-11)12(18)14-5-4-8-17-6-2-1-3-7-17/h9H,1-8H2,(H,14,18)(H3,13,15,16). The van der Waals surface area contributed by atoms with Gasteiger partial charge in [0.05, 0.1) is 0 Å². The van der Waals surface area contributed by atoms with Crippen LogP contribution in [0.5, 0.6) is 0 Å². The molecule has 1 amide bonds. The molecule has 2 rings (SSSR count). The second-order valence-electron chi connectivity index (χ2n) is 4.72. The number of carbonyl (C=O) groups is 1. The largest absolute Gasteiger partial charge is 0.382 e. The van der Waals surface area contributed by atoms with E-state index >= 15 is 0 Å². The van der Waals surface area contributed by atoms with Crippen LogP contribution in [-0.4, -0.2) is 47.2 Å². The summed E-state index contributed by atoms with van der Waals surface area (Å²) in [4.78, 5) is 14.1. The number of carbonyl (C=O) groups excluding carboxylic acids is 1. The lowest BCUT2D eigenvalue weighted by atomic mass is 10.1. The highest BCUT2D eigenvalue weighted by Gasteiger charge is 2.10. The number of nitrogens with two attached hydrogens (primary N) is 1. The van der Waals surface area contributed by atoms with Crippen molar-refractivity contribution in [2.45, 2.75) is 25.7 Å². The first-order chi connectivity index (χ1) is 8.75. The maximum Gasteiger partial charge on any atom is 0.269 e. The van der Waals surface area contributed by atoms with E-state index < -0.39 is 0 Å². The minimum atomic E-state index is -0.141. The molecule has 1 saturated heterocycles. The summed E-state index contributed by atoms with van der Waals surface area (Å²) >= 11 is 0. The van der Waals surface area contributed by atoms with Gasteiger partial charge in [-0.15, -0.1) is 0 Å². The molecule has 0 aromatic carbocycles. The number of aromatic nitrogens is 2. The molecule has 1 aromatic heterocycles. The Kier molecular flexibility index (Phi) is 4.58. The quantitative estimate of drug-likeness (QED) is 0.669. The number of nitrogens with one attached hydrogen (secondary N) is 2. The SMILES string of the molecule is Nc1cc(C(=O)NCCCN2CCCCC2)[nH]n1. The van der Waals surface area contributed by atoms with Crippen molar-refractivity contribution < 1.29 is 4.79 Å². The molecule has 0 unspecified atom stereocenters. The number of amides is 1. The zero-order valence-electron chi connectivity index (χ0n) is 10.6. The maximum atomic E-state index is 11.7. The van der Waals surface area contributed by atoms with Gasteiger partial charge in [0.15, 0.2) is 0 Å². The third kappa shape index (κ3) is 3.73. The van der Waals surface area contributed by atoms with Gasteiger partial charge in [0.2, 0.25) is 0 Å². The topological polar surface area (TPSA) is 87.0 Å². The van der Waals surface area contributed by atoms with Gasteiger partial charge in [-0.05, 0) is 38.9 Å². The van der Waals surface area contributed by atoms with Crippen LogP contribution in [-0.2, 0) is 0 Å². The maximum absolute atomic E-state index is 11.7. The fourth-order valence-corrected chi connectivity index (χ4v) is 2.24. The molecule has 1 aromatic rings. The normalized spacial score (nSPS) is 16.7. The van der Waals surface area contributed by atoms with Crippen molar-refractivity contribution in [1.82, 2.24) is 20.4 Å². The summed E-state index contributed by atoms with van der Waals surface area (Å²) < 4.78 is 0. The van der Waals surface area contributed by atoms with Crippen molar-refractivity contribution in [3.8, 4) is 0 Å². The van der Waals surface area contributed by atoms with Crippen LogP contribution in [0.3, 0.4) is 0 Å². The molecule has 6 nitrogen and oxygen atoms in total. The molecule has 0 atom stereocenters. The van der Waals surface area contributed by atoms with Gasteiger partial charge in [-0.3, -0.25) is 9.89 Å². The summed E-state index contributed by atoms with van der Waals surface area (Å²) in [7, 11) is 0. The minimum Gasteiger partial charge on any atom is -0.382 e. The van der Waals surface area contributed by atoms with Crippen LogP contribution < -0.4 is 11.1 Å². The third-order valence-corrected chi connectivity index (χ3v) is 3.23. The van der Waals surface area contributed by atoms with Gasteiger partial charge >= 0.3 is 0 Å². The Morgan fingerprint density at radius 1 is 1.44 bits per heavy atom. The van der Waals surface area contributed by atoms with Crippen molar-refractivity contribution in [3.63, 3.8) is 0 Å². The molecule has 0 bridgehead atoms. The van der Waals surface area contributed by atoms with Crippen LogP contribution in [0.15, 0.2) is 6.07 Å². The Balaban J connectivity index is 1.61. The molecule has 4 N–H and O–H groups in total. The van der Waals surface area contributed by atoms with E-state index in [-0.39, 0.29) is 5.91 Å². The fraction of sp³-hybridized carbons (Fsp3) is 0.667. The van der Waals surface area contributed by atoms with Crippen LogP contribution in [0.2, 0.25) is 0 Å². The number of hydrogen-bond donors (Lipinski definition) is 3. The molecule has 0 radical (unpaired) electrons. The smallest absolute Gasteiger partial charge is 0.269 e. The summed E-state index contributed by atoms with van der Waals surface area (Å²) in [6.45, 7) is 4.15. The molecule has 1 aliphatic heterocycles. The molecule has 1 fully saturated rings. The van der Waals surface area contributed by atoms with E-state index in [1.807, 2.05) is 0 Å². The molecule has 6 heteroatoms. The first-order valence-corrected chi connectivity index (χ1v) is 6.57. The van der Waals surface area contributed by atoms with Crippen molar-refractivity contribution in [2.75, 3.05) is 31.9 Å². The second-order valence-corrected chi connectivity index (χ2v) is 4.72. The number of likely N-dealkylation sites (tertiary alicyclic amines) is 1. The highest BCUT2D eigenvalue weighted by atomic mass is 16.1. The van der Waals surface area contributed by atoms with E-state index in [0.29, 0.717) is 18.1 Å². The summed E-state index contributed by atoms with van der Waals surface area (Å²) in [5.41, 5.74) is 5.86. The van der Waals surface area contributed by atoms with E-state index in [0.717, 1.165) is 13.0 Å². The van der Waals surface area contributed by atoms with Crippen LogP contribution >= 0.6 is 0 Å². The number of nitrogen functional groups attached to an aromatic ring is 1. The Morgan fingerprint density at radius 2 is 2.22 bits per heavy atom. The molecule has 0 saturated carbocycles. The number of anilines is 1. The average molecular weight is 251 g/mol. The van der Waals surface area contributed by atoms with Crippen molar-refractivity contribution in [1.29, 1.82) is 0 Å². The average Bonchev–Trinajstić information content (AvgIpc) is 2.82. The predicted octanol–water partition coefficient (Wildman–Crippen LogP) is 0.598. The van der Waals surface area contributed by atoms with Crippen molar-refractivity contribution in [2.24, 2.45) is 0 Å². The van der Waals surface area contributed by atoms with Crippen LogP contribution in [0, 0.1) is 0 Å². The summed E-state index contributed by atoms with van der Waals surface area (Å²) in [6, 6.07) is 1.54. The van der Waals surface area contributed by atoms with Gasteiger partial charge in [-0.1, -0.05) is 6.42 Å². The number of piperidine rings is 1.